The summed E-state index contributed by atoms with van der Waals surface area (Å²) in [6.45, 7) is 5.13. The number of allylic oxidation sites excluding steroid dienone is 2. The van der Waals surface area contributed by atoms with E-state index in [0.717, 1.165) is 24.0 Å². The molecule has 1 saturated carbocycles. The third-order valence-corrected chi connectivity index (χ3v) is 6.67. The van der Waals surface area contributed by atoms with Crippen molar-refractivity contribution in [3.05, 3.63) is 88.2 Å². The first-order valence-electron chi connectivity index (χ1n) is 11.8. The number of carbonyl (C=O) groups is 2. The Balaban J connectivity index is 0.000000360. The largest absolute Gasteiger partial charge is 0.366 e. The number of carbonyl (C=O) groups excluding carboxylic acids is 2. The SMILES string of the molecule is C=C(F)/C(=C(\C)C(N)=O)c1cc(C(CN)c2ccccc2)ccc1Cl.CNC(=O)C1CCCCC1. The molecule has 0 radical (unpaired) electrons. The Hall–Kier alpha value is -2.96. The van der Waals surface area contributed by atoms with Crippen molar-refractivity contribution in [1.29, 1.82) is 0 Å². The van der Waals surface area contributed by atoms with Gasteiger partial charge in [-0.2, -0.15) is 0 Å². The molecule has 0 aliphatic heterocycles. The molecule has 1 fully saturated rings. The van der Waals surface area contributed by atoms with Crippen molar-refractivity contribution in [2.75, 3.05) is 13.6 Å². The number of benzene rings is 2. The van der Waals surface area contributed by atoms with Gasteiger partial charge in [-0.3, -0.25) is 9.59 Å². The quantitative estimate of drug-likeness (QED) is 0.347. The predicted octanol–water partition coefficient (Wildman–Crippen LogP) is 5.49. The topological polar surface area (TPSA) is 98.2 Å². The first kappa shape index (κ1) is 28.3. The first-order valence-corrected chi connectivity index (χ1v) is 12.2. The number of rotatable bonds is 7. The third kappa shape index (κ3) is 7.77. The number of amides is 2. The van der Waals surface area contributed by atoms with Gasteiger partial charge in [0.2, 0.25) is 11.8 Å². The highest BCUT2D eigenvalue weighted by Crippen LogP contribution is 2.35. The number of hydrogen-bond acceptors (Lipinski definition) is 3. The van der Waals surface area contributed by atoms with Crippen molar-refractivity contribution < 1.29 is 14.0 Å². The fraction of sp³-hybridized carbons (Fsp3) is 0.357. The maximum atomic E-state index is 14.0. The number of halogens is 2. The molecule has 3 rings (SSSR count). The maximum Gasteiger partial charge on any atom is 0.245 e. The number of nitrogens with one attached hydrogen (secondary N) is 1. The summed E-state index contributed by atoms with van der Waals surface area (Å²) in [4.78, 5) is 22.6. The summed E-state index contributed by atoms with van der Waals surface area (Å²) < 4.78 is 14.0. The second-order valence-corrected chi connectivity index (χ2v) is 9.06. The second-order valence-electron chi connectivity index (χ2n) is 8.66. The molecule has 1 aliphatic carbocycles. The molecule has 2 aromatic rings. The van der Waals surface area contributed by atoms with E-state index in [1.165, 1.54) is 26.2 Å². The van der Waals surface area contributed by atoms with Crippen LogP contribution in [-0.2, 0) is 9.59 Å². The molecule has 0 spiro atoms. The van der Waals surface area contributed by atoms with Gasteiger partial charge in [-0.1, -0.05) is 73.8 Å². The van der Waals surface area contributed by atoms with E-state index < -0.39 is 11.7 Å². The summed E-state index contributed by atoms with van der Waals surface area (Å²) in [7, 11) is 1.72. The van der Waals surface area contributed by atoms with E-state index in [9.17, 15) is 14.0 Å². The molecule has 188 valence electrons. The van der Waals surface area contributed by atoms with Crippen LogP contribution in [0.3, 0.4) is 0 Å². The molecule has 5 N–H and O–H groups in total. The standard InChI is InChI=1S/C20H20ClFN2O.C8H15NO/c1-12(20(24)25)19(13(2)22)16-10-15(8-9-18(16)21)17(11-23)14-6-4-3-5-7-14;1-9-8(10)7-5-3-2-4-6-7/h3-10,17H,2,11,23H2,1H3,(H2,24,25);7H,2-6H2,1H3,(H,9,10)/b19-12-;. The minimum Gasteiger partial charge on any atom is -0.366 e. The molecule has 5 nitrogen and oxygen atoms in total. The Morgan fingerprint density at radius 1 is 1.11 bits per heavy atom. The van der Waals surface area contributed by atoms with Gasteiger partial charge < -0.3 is 16.8 Å². The van der Waals surface area contributed by atoms with Gasteiger partial charge in [0, 0.05) is 47.2 Å². The average Bonchev–Trinajstić information content (AvgIpc) is 2.87. The zero-order valence-corrected chi connectivity index (χ0v) is 21.2. The van der Waals surface area contributed by atoms with E-state index in [0.29, 0.717) is 23.0 Å². The average molecular weight is 500 g/mol. The van der Waals surface area contributed by atoms with Crippen LogP contribution >= 0.6 is 11.6 Å². The van der Waals surface area contributed by atoms with Gasteiger partial charge in [-0.05, 0) is 43.0 Å². The zero-order valence-electron chi connectivity index (χ0n) is 20.5. The highest BCUT2D eigenvalue weighted by Gasteiger charge is 2.20. The van der Waals surface area contributed by atoms with Crippen molar-refractivity contribution >= 4 is 29.0 Å². The minimum atomic E-state index is -0.764. The van der Waals surface area contributed by atoms with E-state index in [-0.39, 0.29) is 23.0 Å². The van der Waals surface area contributed by atoms with Crippen molar-refractivity contribution in [1.82, 2.24) is 5.32 Å². The first-order chi connectivity index (χ1) is 16.7. The molecule has 1 aliphatic rings. The Labute approximate surface area is 212 Å². The summed E-state index contributed by atoms with van der Waals surface area (Å²) >= 11 is 6.25. The number of nitrogens with two attached hydrogens (primary N) is 2. The fourth-order valence-electron chi connectivity index (χ4n) is 4.34. The van der Waals surface area contributed by atoms with Crippen LogP contribution in [0, 0.1) is 5.92 Å². The smallest absolute Gasteiger partial charge is 0.245 e. The van der Waals surface area contributed by atoms with Crippen LogP contribution in [0.5, 0.6) is 0 Å². The van der Waals surface area contributed by atoms with Crippen LogP contribution in [0.2, 0.25) is 5.02 Å². The monoisotopic (exact) mass is 499 g/mol. The molecule has 2 amide bonds. The van der Waals surface area contributed by atoms with Crippen molar-refractivity contribution in [3.8, 4) is 0 Å². The molecule has 0 aromatic heterocycles. The van der Waals surface area contributed by atoms with Crippen molar-refractivity contribution in [3.63, 3.8) is 0 Å². The lowest BCUT2D eigenvalue weighted by molar-refractivity contribution is -0.125. The second kappa shape index (κ2) is 13.8. The highest BCUT2D eigenvalue weighted by molar-refractivity contribution is 6.32. The molecular weight excluding hydrogens is 465 g/mol. The summed E-state index contributed by atoms with van der Waals surface area (Å²) in [5.74, 6) is -1.02. The van der Waals surface area contributed by atoms with E-state index in [1.54, 1.807) is 19.2 Å². The van der Waals surface area contributed by atoms with Crippen LogP contribution in [-0.4, -0.2) is 25.4 Å². The molecule has 0 heterocycles. The molecule has 1 unspecified atom stereocenters. The van der Waals surface area contributed by atoms with E-state index in [2.05, 4.69) is 11.9 Å². The number of primary amides is 1. The van der Waals surface area contributed by atoms with Crippen LogP contribution in [0.25, 0.3) is 5.57 Å². The summed E-state index contributed by atoms with van der Waals surface area (Å²) in [5.41, 5.74) is 13.6. The van der Waals surface area contributed by atoms with Crippen LogP contribution in [0.4, 0.5) is 4.39 Å². The Morgan fingerprint density at radius 2 is 1.74 bits per heavy atom. The summed E-state index contributed by atoms with van der Waals surface area (Å²) in [5, 5.41) is 3.00. The molecular formula is C28H35ClFN3O2. The lowest BCUT2D eigenvalue weighted by Gasteiger charge is -2.19. The summed E-state index contributed by atoms with van der Waals surface area (Å²) in [6.07, 6.45) is 5.98. The van der Waals surface area contributed by atoms with Gasteiger partial charge in [-0.15, -0.1) is 0 Å². The van der Waals surface area contributed by atoms with Gasteiger partial charge in [0.05, 0.1) is 0 Å². The van der Waals surface area contributed by atoms with E-state index in [1.807, 2.05) is 36.4 Å². The Kier molecular flexibility index (Phi) is 11.2. The van der Waals surface area contributed by atoms with Gasteiger partial charge in [0.25, 0.3) is 0 Å². The lowest BCUT2D eigenvalue weighted by atomic mass is 9.88. The normalized spacial score (nSPS) is 15.2. The van der Waals surface area contributed by atoms with Crippen molar-refractivity contribution in [2.45, 2.75) is 44.9 Å². The Morgan fingerprint density at radius 3 is 2.26 bits per heavy atom. The molecule has 7 heteroatoms. The Bertz CT molecular complexity index is 1060. The molecule has 35 heavy (non-hydrogen) atoms. The fourth-order valence-corrected chi connectivity index (χ4v) is 4.56. The van der Waals surface area contributed by atoms with Gasteiger partial charge >= 0.3 is 0 Å². The van der Waals surface area contributed by atoms with E-state index >= 15 is 0 Å². The van der Waals surface area contributed by atoms with Crippen molar-refractivity contribution in [2.24, 2.45) is 17.4 Å². The van der Waals surface area contributed by atoms with Gasteiger partial charge in [-0.25, -0.2) is 4.39 Å². The van der Waals surface area contributed by atoms with Gasteiger partial charge in [0.15, 0.2) is 0 Å². The van der Waals surface area contributed by atoms with Gasteiger partial charge in [0.1, 0.15) is 5.83 Å². The summed E-state index contributed by atoms with van der Waals surface area (Å²) in [6, 6.07) is 15.0. The molecule has 1 atom stereocenters. The zero-order chi connectivity index (χ0) is 26.0. The molecule has 0 saturated heterocycles. The van der Waals surface area contributed by atoms with Crippen LogP contribution < -0.4 is 16.8 Å². The highest BCUT2D eigenvalue weighted by atomic mass is 35.5. The van der Waals surface area contributed by atoms with Crippen LogP contribution in [0.1, 0.15) is 61.6 Å². The molecule has 2 aromatic carbocycles. The van der Waals surface area contributed by atoms with E-state index in [4.69, 9.17) is 23.1 Å². The molecule has 0 bridgehead atoms. The predicted molar refractivity (Wildman–Crippen MR) is 141 cm³/mol. The third-order valence-electron chi connectivity index (χ3n) is 6.34. The minimum absolute atomic E-state index is 0.0168. The maximum absolute atomic E-state index is 14.0. The lowest BCUT2D eigenvalue weighted by Crippen LogP contribution is -2.28. The van der Waals surface area contributed by atoms with Crippen LogP contribution in [0.15, 0.2) is 66.5 Å². The number of hydrogen-bond donors (Lipinski definition) is 3.